The third-order valence-electron chi connectivity index (χ3n) is 6.08. The van der Waals surface area contributed by atoms with Crippen LogP contribution in [0.5, 0.6) is 0 Å². The van der Waals surface area contributed by atoms with E-state index in [1.54, 1.807) is 0 Å². The lowest BCUT2D eigenvalue weighted by atomic mass is 9.92. The molecule has 5 heteroatoms. The van der Waals surface area contributed by atoms with E-state index < -0.39 is 0 Å². The molecule has 2 aromatic carbocycles. The molecule has 0 spiro atoms. The molecular formula is C22H27F2N3. The average molecular weight is 371 g/mol. The van der Waals surface area contributed by atoms with E-state index in [4.69, 9.17) is 5.73 Å². The highest BCUT2D eigenvalue weighted by Crippen LogP contribution is 2.36. The molecule has 2 saturated heterocycles. The second-order valence-electron chi connectivity index (χ2n) is 7.78. The molecule has 0 amide bonds. The Bertz CT molecular complexity index is 688. The third kappa shape index (κ3) is 4.05. The maximum Gasteiger partial charge on any atom is 0.123 e. The summed E-state index contributed by atoms with van der Waals surface area (Å²) in [7, 11) is 0. The first-order valence-corrected chi connectivity index (χ1v) is 9.87. The van der Waals surface area contributed by atoms with E-state index in [1.807, 2.05) is 24.3 Å². The molecule has 3 nitrogen and oxygen atoms in total. The van der Waals surface area contributed by atoms with Crippen molar-refractivity contribution in [1.29, 1.82) is 0 Å². The van der Waals surface area contributed by atoms with Gasteiger partial charge in [0.1, 0.15) is 11.6 Å². The van der Waals surface area contributed by atoms with E-state index in [9.17, 15) is 8.78 Å². The summed E-state index contributed by atoms with van der Waals surface area (Å²) in [6, 6.07) is 14.7. The molecule has 0 aliphatic carbocycles. The number of rotatable bonds is 6. The largest absolute Gasteiger partial charge is 0.329 e. The van der Waals surface area contributed by atoms with Crippen molar-refractivity contribution in [2.75, 3.05) is 13.1 Å². The number of nitrogens with zero attached hydrogens (tertiary/aromatic N) is 1. The summed E-state index contributed by atoms with van der Waals surface area (Å²) in [5.41, 5.74) is 7.78. The molecule has 0 aromatic heterocycles. The van der Waals surface area contributed by atoms with Crippen LogP contribution in [0, 0.1) is 11.6 Å². The lowest BCUT2D eigenvalue weighted by Crippen LogP contribution is -2.51. The van der Waals surface area contributed by atoms with Crippen molar-refractivity contribution in [3.8, 4) is 0 Å². The Morgan fingerprint density at radius 3 is 1.81 bits per heavy atom. The smallest absolute Gasteiger partial charge is 0.123 e. The van der Waals surface area contributed by atoms with E-state index in [-0.39, 0.29) is 17.7 Å². The Morgan fingerprint density at radius 2 is 1.37 bits per heavy atom. The van der Waals surface area contributed by atoms with Crippen molar-refractivity contribution in [3.05, 3.63) is 71.3 Å². The van der Waals surface area contributed by atoms with Crippen molar-refractivity contribution in [1.82, 2.24) is 10.2 Å². The van der Waals surface area contributed by atoms with Crippen molar-refractivity contribution >= 4 is 0 Å². The highest BCUT2D eigenvalue weighted by atomic mass is 19.1. The summed E-state index contributed by atoms with van der Waals surface area (Å²) in [6.07, 6.45) is 4.66. The van der Waals surface area contributed by atoms with Crippen molar-refractivity contribution in [2.45, 2.75) is 49.9 Å². The second-order valence-corrected chi connectivity index (χ2v) is 7.78. The minimum Gasteiger partial charge on any atom is -0.329 e. The molecule has 2 aromatic rings. The fourth-order valence-corrected chi connectivity index (χ4v) is 4.86. The van der Waals surface area contributed by atoms with E-state index >= 15 is 0 Å². The Kier molecular flexibility index (Phi) is 5.53. The van der Waals surface area contributed by atoms with Crippen LogP contribution in [0.15, 0.2) is 48.5 Å². The number of benzene rings is 2. The molecule has 1 unspecified atom stereocenters. The first-order valence-electron chi connectivity index (χ1n) is 9.87. The SMILES string of the molecule is NCCN1[C@@H]2CC[C@H]1CC(NC(c1ccc(F)cc1)c1ccc(F)cc1)C2. The van der Waals surface area contributed by atoms with Crippen molar-refractivity contribution in [3.63, 3.8) is 0 Å². The van der Waals surface area contributed by atoms with Gasteiger partial charge in [0.05, 0.1) is 6.04 Å². The summed E-state index contributed by atoms with van der Waals surface area (Å²) in [4.78, 5) is 2.57. The Morgan fingerprint density at radius 1 is 0.889 bits per heavy atom. The second kappa shape index (κ2) is 8.05. The van der Waals surface area contributed by atoms with Crippen LogP contribution in [-0.2, 0) is 0 Å². The van der Waals surface area contributed by atoms with Gasteiger partial charge in [0.25, 0.3) is 0 Å². The van der Waals surface area contributed by atoms with Crippen LogP contribution >= 0.6 is 0 Å². The molecule has 2 bridgehead atoms. The van der Waals surface area contributed by atoms with Gasteiger partial charge >= 0.3 is 0 Å². The molecule has 144 valence electrons. The quantitative estimate of drug-likeness (QED) is 0.815. The van der Waals surface area contributed by atoms with Crippen LogP contribution in [0.2, 0.25) is 0 Å². The zero-order chi connectivity index (χ0) is 18.8. The van der Waals surface area contributed by atoms with E-state index in [0.29, 0.717) is 24.7 Å². The molecule has 2 aliphatic heterocycles. The molecule has 27 heavy (non-hydrogen) atoms. The molecule has 2 heterocycles. The molecule has 4 rings (SSSR count). The summed E-state index contributed by atoms with van der Waals surface area (Å²) >= 11 is 0. The fraction of sp³-hybridized carbons (Fsp3) is 0.455. The Hall–Kier alpha value is -1.82. The Balaban J connectivity index is 1.55. The lowest BCUT2D eigenvalue weighted by molar-refractivity contribution is 0.118. The molecule has 3 N–H and O–H groups in total. The van der Waals surface area contributed by atoms with Gasteiger partial charge in [-0.2, -0.15) is 0 Å². The van der Waals surface area contributed by atoms with Gasteiger partial charge in [-0.15, -0.1) is 0 Å². The highest BCUT2D eigenvalue weighted by molar-refractivity contribution is 5.32. The molecule has 2 fully saturated rings. The van der Waals surface area contributed by atoms with Crippen LogP contribution in [0.1, 0.15) is 42.9 Å². The van der Waals surface area contributed by atoms with E-state index in [0.717, 1.165) is 30.5 Å². The molecule has 3 atom stereocenters. The number of nitrogens with two attached hydrogens (primary N) is 1. The summed E-state index contributed by atoms with van der Waals surface area (Å²) in [5.74, 6) is -0.491. The van der Waals surface area contributed by atoms with Crippen LogP contribution in [0.4, 0.5) is 8.78 Å². The van der Waals surface area contributed by atoms with Crippen molar-refractivity contribution < 1.29 is 8.78 Å². The number of hydrogen-bond acceptors (Lipinski definition) is 3. The molecule has 0 saturated carbocycles. The lowest BCUT2D eigenvalue weighted by Gasteiger charge is -2.40. The first kappa shape index (κ1) is 18.5. The van der Waals surface area contributed by atoms with Crippen LogP contribution in [-0.4, -0.2) is 36.1 Å². The van der Waals surface area contributed by atoms with Gasteiger partial charge in [0, 0.05) is 31.2 Å². The minimum absolute atomic E-state index is 0.0725. The zero-order valence-electron chi connectivity index (χ0n) is 15.5. The Labute approximate surface area is 159 Å². The van der Waals surface area contributed by atoms with Gasteiger partial charge in [-0.05, 0) is 61.1 Å². The van der Waals surface area contributed by atoms with Crippen LogP contribution < -0.4 is 11.1 Å². The standard InChI is InChI=1S/C22H27F2N3/c23-17-5-1-15(2-6-17)22(16-3-7-18(24)8-4-16)26-19-13-20-9-10-21(14-19)27(20)12-11-25/h1-8,19-22,26H,9-14,25H2/t19?,20-,21+. The zero-order valence-corrected chi connectivity index (χ0v) is 15.5. The normalized spacial score (nSPS) is 25.3. The van der Waals surface area contributed by atoms with Gasteiger partial charge in [0.15, 0.2) is 0 Å². The maximum atomic E-state index is 13.4. The average Bonchev–Trinajstić information content (AvgIpc) is 2.90. The fourth-order valence-electron chi connectivity index (χ4n) is 4.86. The highest BCUT2D eigenvalue weighted by Gasteiger charge is 2.40. The molecule has 2 aliphatic rings. The van der Waals surface area contributed by atoms with E-state index in [1.165, 1.54) is 37.1 Å². The predicted molar refractivity (Wildman–Crippen MR) is 103 cm³/mol. The monoisotopic (exact) mass is 371 g/mol. The number of hydrogen-bond donors (Lipinski definition) is 2. The van der Waals surface area contributed by atoms with E-state index in [2.05, 4.69) is 10.2 Å². The molecular weight excluding hydrogens is 344 g/mol. The van der Waals surface area contributed by atoms with Gasteiger partial charge in [-0.1, -0.05) is 24.3 Å². The minimum atomic E-state index is -0.246. The maximum absolute atomic E-state index is 13.4. The topological polar surface area (TPSA) is 41.3 Å². The summed E-state index contributed by atoms with van der Waals surface area (Å²) < 4.78 is 26.8. The number of nitrogens with one attached hydrogen (secondary N) is 1. The predicted octanol–water partition coefficient (Wildman–Crippen LogP) is 3.60. The van der Waals surface area contributed by atoms with Crippen molar-refractivity contribution in [2.24, 2.45) is 5.73 Å². The first-order chi connectivity index (χ1) is 13.1. The third-order valence-corrected chi connectivity index (χ3v) is 6.08. The van der Waals surface area contributed by atoms with Gasteiger partial charge in [-0.25, -0.2) is 8.78 Å². The van der Waals surface area contributed by atoms with Gasteiger partial charge < -0.3 is 11.1 Å². The number of piperidine rings is 1. The summed E-state index contributed by atoms with van der Waals surface area (Å²) in [5, 5.41) is 3.79. The molecule has 0 radical (unpaired) electrons. The number of halogens is 2. The summed E-state index contributed by atoms with van der Waals surface area (Å²) in [6.45, 7) is 1.68. The van der Waals surface area contributed by atoms with Crippen LogP contribution in [0.25, 0.3) is 0 Å². The van der Waals surface area contributed by atoms with Crippen LogP contribution in [0.3, 0.4) is 0 Å². The number of fused-ring (bicyclic) bond motifs is 2. The van der Waals surface area contributed by atoms with Gasteiger partial charge in [0.2, 0.25) is 0 Å². The van der Waals surface area contributed by atoms with Gasteiger partial charge in [-0.3, -0.25) is 4.90 Å².